The molecule has 1 unspecified atom stereocenters. The van der Waals surface area contributed by atoms with E-state index in [0.717, 1.165) is 0 Å². The van der Waals surface area contributed by atoms with E-state index in [1.165, 1.54) is 29.0 Å². The second kappa shape index (κ2) is 4.56. The molecule has 1 aromatic heterocycles. The molecule has 1 N–H and O–H groups in total. The van der Waals surface area contributed by atoms with Crippen LogP contribution in [-0.2, 0) is 9.59 Å². The first-order valence-corrected chi connectivity index (χ1v) is 6.20. The van der Waals surface area contributed by atoms with E-state index in [4.69, 9.17) is 0 Å². The third kappa shape index (κ3) is 1.99. The molecule has 0 aliphatic carbocycles. The van der Waals surface area contributed by atoms with Gasteiger partial charge in [-0.05, 0) is 36.1 Å². The van der Waals surface area contributed by atoms with Crippen molar-refractivity contribution in [3.8, 4) is 0 Å². The van der Waals surface area contributed by atoms with Gasteiger partial charge < -0.3 is 4.57 Å². The number of amides is 2. The van der Waals surface area contributed by atoms with Gasteiger partial charge in [0.15, 0.2) is 0 Å². The first-order chi connectivity index (χ1) is 9.56. The minimum atomic E-state index is -0.699. The highest BCUT2D eigenvalue weighted by Crippen LogP contribution is 2.19. The molecule has 2 aromatic rings. The summed E-state index contributed by atoms with van der Waals surface area (Å²) in [6, 6.07) is 4.76. The molecular formula is C14H11FN2O3. The summed E-state index contributed by atoms with van der Waals surface area (Å²) in [7, 11) is 0. The fourth-order valence-electron chi connectivity index (χ4n) is 2.43. The number of benzene rings is 1. The third-order valence-corrected chi connectivity index (χ3v) is 3.44. The lowest BCUT2D eigenvalue weighted by Crippen LogP contribution is -2.44. The molecule has 2 heterocycles. The Hall–Kier alpha value is -2.50. The molecule has 20 heavy (non-hydrogen) atoms. The number of aromatic nitrogens is 1. The van der Waals surface area contributed by atoms with Gasteiger partial charge in [-0.3, -0.25) is 19.7 Å². The monoisotopic (exact) mass is 274 g/mol. The Morgan fingerprint density at radius 2 is 2.00 bits per heavy atom. The predicted octanol–water partition coefficient (Wildman–Crippen LogP) is 1.12. The van der Waals surface area contributed by atoms with Gasteiger partial charge >= 0.3 is 0 Å². The number of hydrogen-bond acceptors (Lipinski definition) is 3. The van der Waals surface area contributed by atoms with Crippen molar-refractivity contribution in [1.29, 1.82) is 0 Å². The highest BCUT2D eigenvalue weighted by atomic mass is 19.1. The number of piperidine rings is 1. The molecule has 0 spiro atoms. The topological polar surface area (TPSA) is 68.2 Å². The van der Waals surface area contributed by atoms with E-state index in [9.17, 15) is 18.8 Å². The van der Waals surface area contributed by atoms with E-state index in [1.54, 1.807) is 6.07 Å². The average Bonchev–Trinajstić information content (AvgIpc) is 2.40. The maximum Gasteiger partial charge on any atom is 0.259 e. The maximum absolute atomic E-state index is 13.1. The first kappa shape index (κ1) is 12.5. The van der Waals surface area contributed by atoms with Crippen LogP contribution in [0.2, 0.25) is 0 Å². The molecule has 102 valence electrons. The quantitative estimate of drug-likeness (QED) is 0.792. The van der Waals surface area contributed by atoms with E-state index in [2.05, 4.69) is 5.32 Å². The van der Waals surface area contributed by atoms with Crippen molar-refractivity contribution in [2.75, 3.05) is 0 Å². The van der Waals surface area contributed by atoms with Gasteiger partial charge in [0, 0.05) is 18.0 Å². The van der Waals surface area contributed by atoms with Crippen molar-refractivity contribution in [3.63, 3.8) is 0 Å². The Bertz CT molecular complexity index is 782. The smallest absolute Gasteiger partial charge is 0.259 e. The van der Waals surface area contributed by atoms with Crippen molar-refractivity contribution in [2.45, 2.75) is 18.9 Å². The molecule has 0 radical (unpaired) electrons. The molecule has 0 saturated carbocycles. The standard InChI is InChI=1S/C14H11FN2O3/c15-9-1-2-10-8(7-9)5-6-17(14(10)20)11-3-4-12(18)16-13(11)19/h1-2,5-7,11H,3-4H2,(H,16,18,19). The summed E-state index contributed by atoms with van der Waals surface area (Å²) in [4.78, 5) is 35.3. The Labute approximate surface area is 113 Å². The summed E-state index contributed by atoms with van der Waals surface area (Å²) in [6.07, 6.45) is 1.95. The van der Waals surface area contributed by atoms with Crippen LogP contribution in [0, 0.1) is 5.82 Å². The van der Waals surface area contributed by atoms with Crippen molar-refractivity contribution in [3.05, 3.63) is 46.6 Å². The van der Waals surface area contributed by atoms with Crippen LogP contribution >= 0.6 is 0 Å². The summed E-state index contributed by atoms with van der Waals surface area (Å²) in [5, 5.41) is 3.05. The van der Waals surface area contributed by atoms with Crippen molar-refractivity contribution in [1.82, 2.24) is 9.88 Å². The minimum Gasteiger partial charge on any atom is -0.302 e. The predicted molar refractivity (Wildman–Crippen MR) is 69.6 cm³/mol. The van der Waals surface area contributed by atoms with Crippen LogP contribution in [0.25, 0.3) is 10.8 Å². The molecule has 3 rings (SSSR count). The van der Waals surface area contributed by atoms with E-state index >= 15 is 0 Å². The van der Waals surface area contributed by atoms with Crippen molar-refractivity contribution >= 4 is 22.6 Å². The number of nitrogens with zero attached hydrogens (tertiary/aromatic N) is 1. The summed E-state index contributed by atoms with van der Waals surface area (Å²) < 4.78 is 14.4. The zero-order chi connectivity index (χ0) is 14.3. The lowest BCUT2D eigenvalue weighted by Gasteiger charge is -2.23. The van der Waals surface area contributed by atoms with Gasteiger partial charge in [-0.15, -0.1) is 0 Å². The van der Waals surface area contributed by atoms with Gasteiger partial charge in [0.2, 0.25) is 11.8 Å². The van der Waals surface area contributed by atoms with Crippen LogP contribution in [0.1, 0.15) is 18.9 Å². The van der Waals surface area contributed by atoms with Gasteiger partial charge in [0.25, 0.3) is 5.56 Å². The molecule has 1 aromatic carbocycles. The van der Waals surface area contributed by atoms with E-state index in [-0.39, 0.29) is 24.3 Å². The Morgan fingerprint density at radius 1 is 1.20 bits per heavy atom. The normalized spacial score (nSPS) is 19.1. The van der Waals surface area contributed by atoms with Crippen LogP contribution in [0.4, 0.5) is 4.39 Å². The molecule has 1 fully saturated rings. The molecule has 1 aliphatic heterocycles. The minimum absolute atomic E-state index is 0.199. The van der Waals surface area contributed by atoms with Gasteiger partial charge in [0.05, 0.1) is 0 Å². The highest BCUT2D eigenvalue weighted by molar-refractivity contribution is 5.99. The van der Waals surface area contributed by atoms with Crippen LogP contribution in [0.15, 0.2) is 35.3 Å². The third-order valence-electron chi connectivity index (χ3n) is 3.44. The Kier molecular flexibility index (Phi) is 2.85. The number of nitrogens with one attached hydrogen (secondary N) is 1. The fraction of sp³-hybridized carbons (Fsp3) is 0.214. The second-order valence-corrected chi connectivity index (χ2v) is 4.73. The number of rotatable bonds is 1. The number of pyridine rings is 1. The lowest BCUT2D eigenvalue weighted by molar-refractivity contribution is -0.135. The SMILES string of the molecule is O=C1CCC(n2ccc3cc(F)ccc3c2=O)C(=O)N1. The average molecular weight is 274 g/mol. The number of carbonyl (C=O) groups is 2. The van der Waals surface area contributed by atoms with E-state index < -0.39 is 17.8 Å². The summed E-state index contributed by atoms with van der Waals surface area (Å²) in [5.74, 6) is -1.23. The van der Waals surface area contributed by atoms with Crippen LogP contribution in [-0.4, -0.2) is 16.4 Å². The number of imide groups is 1. The second-order valence-electron chi connectivity index (χ2n) is 4.73. The van der Waals surface area contributed by atoms with Gasteiger partial charge in [-0.2, -0.15) is 0 Å². The Morgan fingerprint density at radius 3 is 2.75 bits per heavy atom. The van der Waals surface area contributed by atoms with Gasteiger partial charge in [-0.25, -0.2) is 4.39 Å². The number of carbonyl (C=O) groups excluding carboxylic acids is 2. The molecule has 2 amide bonds. The highest BCUT2D eigenvalue weighted by Gasteiger charge is 2.28. The van der Waals surface area contributed by atoms with Crippen LogP contribution in [0.3, 0.4) is 0 Å². The zero-order valence-electron chi connectivity index (χ0n) is 10.4. The fourth-order valence-corrected chi connectivity index (χ4v) is 2.43. The molecule has 5 nitrogen and oxygen atoms in total. The maximum atomic E-state index is 13.1. The summed E-state index contributed by atoms with van der Waals surface area (Å²) in [6.45, 7) is 0. The zero-order valence-corrected chi connectivity index (χ0v) is 10.4. The van der Waals surface area contributed by atoms with E-state index in [1.807, 2.05) is 0 Å². The molecule has 0 bridgehead atoms. The molecular weight excluding hydrogens is 263 g/mol. The number of hydrogen-bond donors (Lipinski definition) is 1. The molecule has 1 atom stereocenters. The number of halogens is 1. The first-order valence-electron chi connectivity index (χ1n) is 6.20. The van der Waals surface area contributed by atoms with Crippen molar-refractivity contribution in [2.24, 2.45) is 0 Å². The molecule has 6 heteroatoms. The Balaban J connectivity index is 2.11. The van der Waals surface area contributed by atoms with Crippen LogP contribution in [0.5, 0.6) is 0 Å². The van der Waals surface area contributed by atoms with Gasteiger partial charge in [-0.1, -0.05) is 0 Å². The lowest BCUT2D eigenvalue weighted by atomic mass is 10.0. The molecule has 1 aliphatic rings. The molecule has 1 saturated heterocycles. The van der Waals surface area contributed by atoms with E-state index in [0.29, 0.717) is 10.8 Å². The largest absolute Gasteiger partial charge is 0.302 e. The van der Waals surface area contributed by atoms with Gasteiger partial charge in [0.1, 0.15) is 11.9 Å². The summed E-state index contributed by atoms with van der Waals surface area (Å²) in [5.41, 5.74) is -0.364. The van der Waals surface area contributed by atoms with Crippen LogP contribution < -0.4 is 10.9 Å². The summed E-state index contributed by atoms with van der Waals surface area (Å²) >= 11 is 0. The number of fused-ring (bicyclic) bond motifs is 1. The van der Waals surface area contributed by atoms with Crippen molar-refractivity contribution < 1.29 is 14.0 Å².